The minimum atomic E-state index is 0.0209. The predicted octanol–water partition coefficient (Wildman–Crippen LogP) is 3.25. The van der Waals surface area contributed by atoms with Crippen molar-refractivity contribution in [2.45, 2.75) is 20.4 Å². The number of rotatable bonds is 4. The Bertz CT molecular complexity index is 516. The van der Waals surface area contributed by atoms with E-state index in [1.165, 1.54) is 0 Å². The summed E-state index contributed by atoms with van der Waals surface area (Å²) < 4.78 is 5.18. The highest BCUT2D eigenvalue weighted by atomic mass is 16.3. The van der Waals surface area contributed by atoms with Crippen LogP contribution in [0.5, 0.6) is 0 Å². The molecular formula is C15H17NO2. The van der Waals surface area contributed by atoms with Crippen LogP contribution in [0.3, 0.4) is 0 Å². The Morgan fingerprint density at radius 2 is 1.94 bits per heavy atom. The zero-order valence-electron chi connectivity index (χ0n) is 10.7. The Hall–Kier alpha value is -2.03. The molecule has 0 aliphatic rings. The fraction of sp³-hybridized carbons (Fsp3) is 0.267. The summed E-state index contributed by atoms with van der Waals surface area (Å²) in [5.41, 5.74) is 1.78. The molecule has 0 bridgehead atoms. The maximum Gasteiger partial charge on any atom is 0.257 e. The van der Waals surface area contributed by atoms with Crippen molar-refractivity contribution in [1.82, 2.24) is 4.90 Å². The van der Waals surface area contributed by atoms with Crippen LogP contribution in [-0.2, 0) is 6.54 Å². The average Bonchev–Trinajstić information content (AvgIpc) is 2.82. The number of hydrogen-bond donors (Lipinski definition) is 0. The van der Waals surface area contributed by atoms with Gasteiger partial charge in [0.2, 0.25) is 0 Å². The Labute approximate surface area is 107 Å². The molecule has 3 heteroatoms. The molecule has 2 rings (SSSR count). The molecule has 0 N–H and O–H groups in total. The smallest absolute Gasteiger partial charge is 0.257 e. The van der Waals surface area contributed by atoms with Gasteiger partial charge in [0, 0.05) is 13.1 Å². The van der Waals surface area contributed by atoms with Crippen molar-refractivity contribution in [1.29, 1.82) is 0 Å². The van der Waals surface area contributed by atoms with E-state index < -0.39 is 0 Å². The van der Waals surface area contributed by atoms with Crippen LogP contribution in [0.2, 0.25) is 0 Å². The first-order chi connectivity index (χ1) is 8.72. The molecule has 0 atom stereocenters. The van der Waals surface area contributed by atoms with Crippen LogP contribution in [0.4, 0.5) is 0 Å². The van der Waals surface area contributed by atoms with Crippen LogP contribution in [0.25, 0.3) is 0 Å². The fourth-order valence-corrected chi connectivity index (χ4v) is 1.91. The third-order valence-corrected chi connectivity index (χ3v) is 2.97. The van der Waals surface area contributed by atoms with E-state index in [0.717, 1.165) is 5.56 Å². The minimum Gasteiger partial charge on any atom is -0.469 e. The van der Waals surface area contributed by atoms with Gasteiger partial charge in [-0.05, 0) is 25.5 Å². The molecule has 0 unspecified atom stereocenters. The third-order valence-electron chi connectivity index (χ3n) is 2.97. The minimum absolute atomic E-state index is 0.0209. The zero-order valence-corrected chi connectivity index (χ0v) is 10.7. The zero-order chi connectivity index (χ0) is 13.0. The average molecular weight is 243 g/mol. The Balaban J connectivity index is 2.15. The van der Waals surface area contributed by atoms with Crippen molar-refractivity contribution in [2.24, 2.45) is 0 Å². The summed E-state index contributed by atoms with van der Waals surface area (Å²) in [6, 6.07) is 11.7. The lowest BCUT2D eigenvalue weighted by molar-refractivity contribution is 0.0751. The first kappa shape index (κ1) is 12.4. The van der Waals surface area contributed by atoms with Gasteiger partial charge in [-0.3, -0.25) is 4.79 Å². The highest BCUT2D eigenvalue weighted by Gasteiger charge is 2.17. The van der Waals surface area contributed by atoms with Crippen LogP contribution >= 0.6 is 0 Å². The van der Waals surface area contributed by atoms with Crippen molar-refractivity contribution < 1.29 is 9.21 Å². The van der Waals surface area contributed by atoms with Crippen LogP contribution in [-0.4, -0.2) is 17.4 Å². The van der Waals surface area contributed by atoms with Crippen LogP contribution in [0, 0.1) is 6.92 Å². The molecule has 18 heavy (non-hydrogen) atoms. The molecule has 0 saturated carbocycles. The van der Waals surface area contributed by atoms with Gasteiger partial charge >= 0.3 is 0 Å². The molecule has 1 aromatic carbocycles. The molecule has 2 aromatic rings. The number of nitrogens with zero attached hydrogens (tertiary/aromatic N) is 1. The molecule has 0 aliphatic carbocycles. The second-order valence-electron chi connectivity index (χ2n) is 4.20. The third kappa shape index (κ3) is 2.62. The first-order valence-electron chi connectivity index (χ1n) is 6.09. The number of furan rings is 1. The van der Waals surface area contributed by atoms with Crippen molar-refractivity contribution in [3.63, 3.8) is 0 Å². The fourth-order valence-electron chi connectivity index (χ4n) is 1.91. The SMILES string of the molecule is CCN(Cc1ccccc1)C(=O)c1ccoc1C. The molecule has 3 nitrogen and oxygen atoms in total. The topological polar surface area (TPSA) is 33.5 Å². The lowest BCUT2D eigenvalue weighted by Crippen LogP contribution is -2.30. The molecule has 0 spiro atoms. The van der Waals surface area contributed by atoms with E-state index in [2.05, 4.69) is 0 Å². The van der Waals surface area contributed by atoms with Gasteiger partial charge in [0.1, 0.15) is 5.76 Å². The molecule has 0 saturated heterocycles. The van der Waals surface area contributed by atoms with Gasteiger partial charge in [-0.25, -0.2) is 0 Å². The van der Waals surface area contributed by atoms with Crippen molar-refractivity contribution in [3.8, 4) is 0 Å². The second-order valence-corrected chi connectivity index (χ2v) is 4.20. The van der Waals surface area contributed by atoms with Gasteiger partial charge in [-0.1, -0.05) is 30.3 Å². The standard InChI is InChI=1S/C15H17NO2/c1-3-16(11-13-7-5-4-6-8-13)15(17)14-9-10-18-12(14)2/h4-10H,3,11H2,1-2H3. The molecule has 0 aliphatic heterocycles. The lowest BCUT2D eigenvalue weighted by atomic mass is 10.2. The predicted molar refractivity (Wildman–Crippen MR) is 70.3 cm³/mol. The summed E-state index contributed by atoms with van der Waals surface area (Å²) in [7, 11) is 0. The van der Waals surface area contributed by atoms with Gasteiger partial charge in [0.05, 0.1) is 11.8 Å². The van der Waals surface area contributed by atoms with E-state index in [9.17, 15) is 4.79 Å². The van der Waals surface area contributed by atoms with Crippen molar-refractivity contribution >= 4 is 5.91 Å². The lowest BCUT2D eigenvalue weighted by Gasteiger charge is -2.20. The molecule has 94 valence electrons. The van der Waals surface area contributed by atoms with E-state index in [-0.39, 0.29) is 5.91 Å². The normalized spacial score (nSPS) is 10.3. The van der Waals surface area contributed by atoms with Crippen molar-refractivity contribution in [2.75, 3.05) is 6.54 Å². The van der Waals surface area contributed by atoms with E-state index in [0.29, 0.717) is 24.4 Å². The van der Waals surface area contributed by atoms with Gasteiger partial charge in [-0.2, -0.15) is 0 Å². The largest absolute Gasteiger partial charge is 0.469 e. The number of carbonyl (C=O) groups is 1. The van der Waals surface area contributed by atoms with E-state index in [4.69, 9.17) is 4.42 Å². The molecule has 0 radical (unpaired) electrons. The summed E-state index contributed by atoms with van der Waals surface area (Å²) >= 11 is 0. The number of benzene rings is 1. The van der Waals surface area contributed by atoms with Gasteiger partial charge in [-0.15, -0.1) is 0 Å². The van der Waals surface area contributed by atoms with E-state index in [1.54, 1.807) is 12.3 Å². The summed E-state index contributed by atoms with van der Waals surface area (Å²) in [6.45, 7) is 5.10. The van der Waals surface area contributed by atoms with Gasteiger partial charge in [0.25, 0.3) is 5.91 Å². The summed E-state index contributed by atoms with van der Waals surface area (Å²) in [5, 5.41) is 0. The number of aryl methyl sites for hydroxylation is 1. The van der Waals surface area contributed by atoms with E-state index in [1.807, 2.05) is 49.1 Å². The molecule has 1 heterocycles. The second kappa shape index (κ2) is 5.54. The van der Waals surface area contributed by atoms with Gasteiger partial charge in [0.15, 0.2) is 0 Å². The molecule has 1 amide bonds. The molecule has 1 aromatic heterocycles. The van der Waals surface area contributed by atoms with Gasteiger partial charge < -0.3 is 9.32 Å². The number of amides is 1. The molecular weight excluding hydrogens is 226 g/mol. The maximum absolute atomic E-state index is 12.3. The summed E-state index contributed by atoms with van der Waals surface area (Å²) in [6.07, 6.45) is 1.55. The van der Waals surface area contributed by atoms with Crippen molar-refractivity contribution in [3.05, 3.63) is 59.5 Å². The highest BCUT2D eigenvalue weighted by molar-refractivity contribution is 5.95. The first-order valence-corrected chi connectivity index (χ1v) is 6.09. The number of hydrogen-bond acceptors (Lipinski definition) is 2. The summed E-state index contributed by atoms with van der Waals surface area (Å²) in [5.74, 6) is 0.694. The van der Waals surface area contributed by atoms with Crippen LogP contribution in [0.1, 0.15) is 28.6 Å². The highest BCUT2D eigenvalue weighted by Crippen LogP contribution is 2.14. The van der Waals surface area contributed by atoms with E-state index >= 15 is 0 Å². The van der Waals surface area contributed by atoms with Crippen LogP contribution < -0.4 is 0 Å². The Morgan fingerprint density at radius 3 is 2.50 bits per heavy atom. The number of carbonyl (C=O) groups excluding carboxylic acids is 1. The van der Waals surface area contributed by atoms with Crippen LogP contribution in [0.15, 0.2) is 47.1 Å². The Kier molecular flexibility index (Phi) is 3.82. The monoisotopic (exact) mass is 243 g/mol. The Morgan fingerprint density at radius 1 is 1.22 bits per heavy atom. The molecule has 0 fully saturated rings. The summed E-state index contributed by atoms with van der Waals surface area (Å²) in [4.78, 5) is 14.1. The quantitative estimate of drug-likeness (QED) is 0.826. The maximum atomic E-state index is 12.3.